The Hall–Kier alpha value is -2.70. The number of fused-ring (bicyclic) bond motifs is 3. The summed E-state index contributed by atoms with van der Waals surface area (Å²) in [6.45, 7) is 14.4. The molecule has 1 aliphatic rings. The van der Waals surface area contributed by atoms with Gasteiger partial charge in [0.2, 0.25) is 5.69 Å². The van der Waals surface area contributed by atoms with Gasteiger partial charge in [-0.1, -0.05) is 48.6 Å². The number of aryl methyl sites for hydroxylation is 2. The maximum Gasteiger partial charge on any atom is 0.212 e. The van der Waals surface area contributed by atoms with E-state index in [0.29, 0.717) is 0 Å². The summed E-state index contributed by atoms with van der Waals surface area (Å²) in [5.74, 6) is 0. The standard InChI is InChI=1S/C22H21N2Si/c1-15-9-11-18-17-12-10-16(23-2)14-20(17)25(4,5)22(18)21(15)19-8-6-7-13-24(19)3/h6-14H,1,3-5H3/q+1. The van der Waals surface area contributed by atoms with Crippen molar-refractivity contribution in [3.05, 3.63) is 71.7 Å². The summed E-state index contributed by atoms with van der Waals surface area (Å²) < 4.78 is 2.21. The molecule has 0 unspecified atom stereocenters. The van der Waals surface area contributed by atoms with Crippen LogP contribution in [0.5, 0.6) is 0 Å². The van der Waals surface area contributed by atoms with Crippen molar-refractivity contribution >= 4 is 24.1 Å². The second-order valence-electron chi connectivity index (χ2n) is 7.34. The number of pyridine rings is 1. The van der Waals surface area contributed by atoms with Crippen molar-refractivity contribution in [2.75, 3.05) is 0 Å². The molecule has 0 fully saturated rings. The van der Waals surface area contributed by atoms with Crippen LogP contribution in [0.25, 0.3) is 27.2 Å². The van der Waals surface area contributed by atoms with Crippen molar-refractivity contribution in [2.45, 2.75) is 20.0 Å². The summed E-state index contributed by atoms with van der Waals surface area (Å²) in [7, 11) is 0.246. The predicted molar refractivity (Wildman–Crippen MR) is 106 cm³/mol. The van der Waals surface area contributed by atoms with E-state index < -0.39 is 8.07 Å². The van der Waals surface area contributed by atoms with Gasteiger partial charge >= 0.3 is 0 Å². The molecular formula is C22H21N2Si+. The number of rotatable bonds is 1. The highest BCUT2D eigenvalue weighted by molar-refractivity contribution is 7.04. The van der Waals surface area contributed by atoms with Gasteiger partial charge in [-0.05, 0) is 34.9 Å². The summed E-state index contributed by atoms with van der Waals surface area (Å²) in [6.07, 6.45) is 2.11. The van der Waals surface area contributed by atoms with Crippen LogP contribution in [-0.2, 0) is 7.05 Å². The van der Waals surface area contributed by atoms with Crippen LogP contribution in [0.4, 0.5) is 5.69 Å². The fourth-order valence-electron chi connectivity index (χ4n) is 4.18. The van der Waals surface area contributed by atoms with Gasteiger partial charge in [0.05, 0.1) is 6.57 Å². The molecule has 1 aromatic heterocycles. The summed E-state index contributed by atoms with van der Waals surface area (Å²) >= 11 is 0. The fraction of sp³-hybridized carbons (Fsp3) is 0.182. The minimum absolute atomic E-state index is 0.746. The molecule has 0 aliphatic carbocycles. The Morgan fingerprint density at radius 3 is 2.48 bits per heavy atom. The number of hydrogen-bond donors (Lipinski definition) is 0. The normalized spacial score (nSPS) is 13.9. The number of benzene rings is 2. The van der Waals surface area contributed by atoms with Crippen LogP contribution < -0.4 is 14.9 Å². The van der Waals surface area contributed by atoms with Crippen LogP contribution >= 0.6 is 0 Å². The lowest BCUT2D eigenvalue weighted by molar-refractivity contribution is -0.660. The summed E-state index contributed by atoms with van der Waals surface area (Å²) in [5, 5.41) is 2.90. The smallest absolute Gasteiger partial charge is 0.212 e. The van der Waals surface area contributed by atoms with Crippen LogP contribution in [0.3, 0.4) is 0 Å². The molecule has 0 atom stereocenters. The van der Waals surface area contributed by atoms with Crippen molar-refractivity contribution in [1.29, 1.82) is 0 Å². The zero-order chi connectivity index (χ0) is 17.8. The van der Waals surface area contributed by atoms with Crippen molar-refractivity contribution < 1.29 is 4.57 Å². The lowest BCUT2D eigenvalue weighted by Gasteiger charge is -2.22. The zero-order valence-corrected chi connectivity index (χ0v) is 16.1. The topological polar surface area (TPSA) is 8.24 Å². The first-order chi connectivity index (χ1) is 11.9. The average molecular weight is 342 g/mol. The minimum Gasteiger partial charge on any atom is -0.238 e. The van der Waals surface area contributed by atoms with E-state index in [9.17, 15) is 0 Å². The van der Waals surface area contributed by atoms with Gasteiger partial charge in [-0.15, -0.1) is 0 Å². The van der Waals surface area contributed by atoms with E-state index in [-0.39, 0.29) is 0 Å². The van der Waals surface area contributed by atoms with E-state index in [2.05, 4.69) is 85.1 Å². The largest absolute Gasteiger partial charge is 0.238 e. The van der Waals surface area contributed by atoms with Crippen molar-refractivity contribution in [2.24, 2.45) is 7.05 Å². The highest BCUT2D eigenvalue weighted by atomic mass is 28.3. The van der Waals surface area contributed by atoms with Crippen molar-refractivity contribution in [3.63, 3.8) is 0 Å². The lowest BCUT2D eigenvalue weighted by Crippen LogP contribution is -2.51. The molecule has 122 valence electrons. The number of nitrogens with zero attached hydrogens (tertiary/aromatic N) is 2. The van der Waals surface area contributed by atoms with Crippen LogP contribution in [0.15, 0.2) is 54.7 Å². The molecule has 3 heteroatoms. The summed E-state index contributed by atoms with van der Waals surface area (Å²) in [6, 6.07) is 17.1. The van der Waals surface area contributed by atoms with Crippen LogP contribution in [0, 0.1) is 13.5 Å². The molecule has 2 heterocycles. The van der Waals surface area contributed by atoms with Gasteiger partial charge in [0, 0.05) is 17.7 Å². The van der Waals surface area contributed by atoms with Gasteiger partial charge in [-0.25, -0.2) is 9.41 Å². The van der Waals surface area contributed by atoms with Gasteiger partial charge in [-0.3, -0.25) is 0 Å². The lowest BCUT2D eigenvalue weighted by atomic mass is 9.97. The Morgan fingerprint density at radius 1 is 1.00 bits per heavy atom. The monoisotopic (exact) mass is 341 g/mol. The van der Waals surface area contributed by atoms with Crippen LogP contribution in [0.1, 0.15) is 5.56 Å². The predicted octanol–water partition coefficient (Wildman–Crippen LogP) is 3.84. The molecule has 2 nitrogen and oxygen atoms in total. The van der Waals surface area contributed by atoms with Gasteiger partial charge in [0.1, 0.15) is 15.1 Å². The molecule has 0 radical (unpaired) electrons. The minimum atomic E-state index is -1.87. The zero-order valence-electron chi connectivity index (χ0n) is 15.1. The fourth-order valence-corrected chi connectivity index (χ4v) is 7.69. The van der Waals surface area contributed by atoms with Gasteiger partial charge in [0.25, 0.3) is 0 Å². The van der Waals surface area contributed by atoms with Crippen LogP contribution in [-0.4, -0.2) is 8.07 Å². The van der Waals surface area contributed by atoms with Gasteiger partial charge in [-0.2, -0.15) is 0 Å². The van der Waals surface area contributed by atoms with E-state index >= 15 is 0 Å². The first kappa shape index (κ1) is 15.8. The van der Waals surface area contributed by atoms with E-state index in [1.807, 2.05) is 6.07 Å². The summed E-state index contributed by atoms with van der Waals surface area (Å²) in [5.41, 5.74) is 7.37. The third-order valence-corrected chi connectivity index (χ3v) is 8.98. The van der Waals surface area contributed by atoms with E-state index in [1.165, 1.54) is 38.3 Å². The number of aromatic nitrogens is 1. The van der Waals surface area contributed by atoms with E-state index in [1.54, 1.807) is 0 Å². The molecule has 0 amide bonds. The Bertz CT molecular complexity index is 1060. The Labute approximate surface area is 150 Å². The molecule has 1 aliphatic heterocycles. The molecule has 25 heavy (non-hydrogen) atoms. The molecule has 0 N–H and O–H groups in total. The van der Waals surface area contributed by atoms with Gasteiger partial charge < -0.3 is 0 Å². The van der Waals surface area contributed by atoms with Crippen LogP contribution in [0.2, 0.25) is 13.1 Å². The molecular weight excluding hydrogens is 320 g/mol. The van der Waals surface area contributed by atoms with Crippen molar-refractivity contribution in [3.8, 4) is 22.4 Å². The Kier molecular flexibility index (Phi) is 3.42. The second-order valence-corrected chi connectivity index (χ2v) is 11.6. The molecule has 2 aromatic carbocycles. The molecule has 0 saturated carbocycles. The molecule has 3 aromatic rings. The average Bonchev–Trinajstić information content (AvgIpc) is 2.83. The second kappa shape index (κ2) is 5.40. The molecule has 0 spiro atoms. The molecule has 0 bridgehead atoms. The van der Waals surface area contributed by atoms with Gasteiger partial charge in [0.15, 0.2) is 11.9 Å². The molecule has 0 saturated heterocycles. The SMILES string of the molecule is [C-]#[N+]c1ccc2c(c1)[Si](C)(C)c1c-2ccc(C)c1-c1cccc[n+]1C. The first-order valence-corrected chi connectivity index (χ1v) is 11.6. The van der Waals surface area contributed by atoms with E-state index in [4.69, 9.17) is 6.57 Å². The number of hydrogen-bond acceptors (Lipinski definition) is 0. The maximum atomic E-state index is 7.37. The first-order valence-electron chi connectivity index (χ1n) is 8.56. The Morgan fingerprint density at radius 2 is 1.76 bits per heavy atom. The maximum absolute atomic E-state index is 7.37. The highest BCUT2D eigenvalue weighted by Gasteiger charge is 2.41. The van der Waals surface area contributed by atoms with E-state index in [0.717, 1.165) is 5.69 Å². The highest BCUT2D eigenvalue weighted by Crippen LogP contribution is 2.35. The summed E-state index contributed by atoms with van der Waals surface area (Å²) in [4.78, 5) is 3.66. The Balaban J connectivity index is 2.09. The molecule has 4 rings (SSSR count). The third-order valence-electron chi connectivity index (χ3n) is 5.45. The van der Waals surface area contributed by atoms with Crippen molar-refractivity contribution in [1.82, 2.24) is 0 Å². The third kappa shape index (κ3) is 2.18. The quantitative estimate of drug-likeness (QED) is 0.361.